The summed E-state index contributed by atoms with van der Waals surface area (Å²) < 4.78 is 62.7. The van der Waals surface area contributed by atoms with E-state index >= 15 is 0 Å². The number of rotatable bonds is 5. The molecule has 1 aromatic rings. The third-order valence-electron chi connectivity index (χ3n) is 2.17. The Balaban J connectivity index is 3.04. The van der Waals surface area contributed by atoms with Gasteiger partial charge in [0.25, 0.3) is 0 Å². The van der Waals surface area contributed by atoms with E-state index in [1.807, 2.05) is 0 Å². The lowest BCUT2D eigenvalue weighted by Crippen LogP contribution is -2.31. The topological polar surface area (TPSA) is 60.2 Å². The zero-order valence-corrected chi connectivity index (χ0v) is 10.1. The Bertz CT molecular complexity index is 526. The van der Waals surface area contributed by atoms with Crippen LogP contribution in [0.25, 0.3) is 0 Å². The molecule has 0 bridgehead atoms. The second-order valence-corrected chi connectivity index (χ2v) is 5.58. The summed E-state index contributed by atoms with van der Waals surface area (Å²) in [5.74, 6) is -2.98. The van der Waals surface area contributed by atoms with Gasteiger partial charge in [-0.05, 0) is 11.6 Å². The fourth-order valence-electron chi connectivity index (χ4n) is 1.26. The second-order valence-electron chi connectivity index (χ2n) is 3.55. The zero-order chi connectivity index (χ0) is 13.8. The molecule has 0 fully saturated rings. The fraction of sp³-hybridized carbons (Fsp3) is 0.273. The van der Waals surface area contributed by atoms with Crippen molar-refractivity contribution < 1.29 is 21.6 Å². The Morgan fingerprint density at radius 3 is 2.33 bits per heavy atom. The second kappa shape index (κ2) is 5.53. The number of benzene rings is 1. The van der Waals surface area contributed by atoms with Crippen LogP contribution in [0.15, 0.2) is 42.2 Å². The Morgan fingerprint density at radius 2 is 1.83 bits per heavy atom. The van der Waals surface area contributed by atoms with Crippen molar-refractivity contribution in [2.24, 2.45) is 5.73 Å². The molecule has 0 saturated carbocycles. The van der Waals surface area contributed by atoms with Gasteiger partial charge in [-0.1, -0.05) is 30.3 Å². The van der Waals surface area contributed by atoms with Crippen LogP contribution < -0.4 is 5.73 Å². The van der Waals surface area contributed by atoms with E-state index in [4.69, 9.17) is 5.73 Å². The number of sulfone groups is 1. The van der Waals surface area contributed by atoms with E-state index in [1.54, 1.807) is 6.07 Å². The average molecular weight is 279 g/mol. The molecule has 0 aliphatic heterocycles. The lowest BCUT2D eigenvalue weighted by Gasteiger charge is -2.15. The quantitative estimate of drug-likeness (QED) is 0.897. The largest absolute Gasteiger partial charge is 0.396 e. The van der Waals surface area contributed by atoms with Crippen LogP contribution in [0.2, 0.25) is 0 Å². The molecule has 0 unspecified atom stereocenters. The highest BCUT2D eigenvalue weighted by Gasteiger charge is 2.49. The van der Waals surface area contributed by atoms with Gasteiger partial charge in [0.2, 0.25) is 9.84 Å². The standard InChI is InChI=1S/C11H12F3NO2S/c12-10(6-7-15)11(13,14)18(16,17)8-9-4-2-1-3-5-9/h1-6H,7-8,15H2/b10-6-. The van der Waals surface area contributed by atoms with Crippen LogP contribution in [0.1, 0.15) is 5.56 Å². The summed E-state index contributed by atoms with van der Waals surface area (Å²) >= 11 is 0. The van der Waals surface area contributed by atoms with Crippen molar-refractivity contribution >= 4 is 9.84 Å². The summed E-state index contributed by atoms with van der Waals surface area (Å²) in [5, 5.41) is -4.55. The van der Waals surface area contributed by atoms with Crippen LogP contribution in [0.4, 0.5) is 13.2 Å². The molecule has 0 heterocycles. The Labute approximate surface area is 103 Å². The zero-order valence-electron chi connectivity index (χ0n) is 9.31. The fourth-order valence-corrected chi connectivity index (χ4v) is 2.45. The molecule has 0 atom stereocenters. The number of alkyl halides is 2. The highest BCUT2D eigenvalue weighted by Crippen LogP contribution is 2.33. The van der Waals surface area contributed by atoms with Crippen LogP contribution in [-0.2, 0) is 15.6 Å². The molecule has 7 heteroatoms. The molecule has 0 aliphatic rings. The summed E-state index contributed by atoms with van der Waals surface area (Å²) in [6.07, 6.45) is 0.350. The minimum atomic E-state index is -4.97. The third-order valence-corrected chi connectivity index (χ3v) is 3.85. The highest BCUT2D eigenvalue weighted by atomic mass is 32.2. The lowest BCUT2D eigenvalue weighted by molar-refractivity contribution is 0.105. The van der Waals surface area contributed by atoms with Crippen molar-refractivity contribution in [3.05, 3.63) is 47.8 Å². The van der Waals surface area contributed by atoms with Gasteiger partial charge >= 0.3 is 5.25 Å². The number of nitrogens with two attached hydrogens (primary N) is 1. The van der Waals surface area contributed by atoms with Gasteiger partial charge in [-0.25, -0.2) is 12.8 Å². The normalized spacial score (nSPS) is 13.7. The summed E-state index contributed by atoms with van der Waals surface area (Å²) in [5.41, 5.74) is 5.04. The summed E-state index contributed by atoms with van der Waals surface area (Å²) in [6.45, 7) is -0.498. The predicted octanol–water partition coefficient (Wildman–Crippen LogP) is 2.01. The first-order valence-corrected chi connectivity index (χ1v) is 6.66. The SMILES string of the molecule is NC/C=C(\F)C(F)(F)S(=O)(=O)Cc1ccccc1. The predicted molar refractivity (Wildman–Crippen MR) is 62.3 cm³/mol. The van der Waals surface area contributed by atoms with Gasteiger partial charge in [0.1, 0.15) is 0 Å². The molecule has 2 N–H and O–H groups in total. The van der Waals surface area contributed by atoms with E-state index in [-0.39, 0.29) is 5.56 Å². The van der Waals surface area contributed by atoms with Crippen molar-refractivity contribution in [1.82, 2.24) is 0 Å². The third kappa shape index (κ3) is 3.11. The lowest BCUT2D eigenvalue weighted by atomic mass is 10.2. The van der Waals surface area contributed by atoms with Crippen LogP contribution >= 0.6 is 0 Å². The summed E-state index contributed by atoms with van der Waals surface area (Å²) in [7, 11) is -4.97. The Hall–Kier alpha value is -1.34. The molecular weight excluding hydrogens is 267 g/mol. The van der Waals surface area contributed by atoms with E-state index in [9.17, 15) is 21.6 Å². The van der Waals surface area contributed by atoms with Crippen molar-refractivity contribution in [3.63, 3.8) is 0 Å². The Morgan fingerprint density at radius 1 is 1.28 bits per heavy atom. The molecular formula is C11H12F3NO2S. The first-order chi connectivity index (χ1) is 8.31. The number of halogens is 3. The monoisotopic (exact) mass is 279 g/mol. The molecule has 100 valence electrons. The molecule has 0 aliphatic carbocycles. The number of hydrogen-bond acceptors (Lipinski definition) is 3. The van der Waals surface area contributed by atoms with E-state index in [2.05, 4.69) is 0 Å². The van der Waals surface area contributed by atoms with Gasteiger partial charge in [0.15, 0.2) is 5.83 Å². The first-order valence-electron chi connectivity index (χ1n) is 5.01. The maximum absolute atomic E-state index is 13.4. The molecule has 0 aromatic heterocycles. The van der Waals surface area contributed by atoms with Gasteiger partial charge in [0, 0.05) is 6.54 Å². The van der Waals surface area contributed by atoms with Gasteiger partial charge in [0.05, 0.1) is 5.75 Å². The molecule has 0 radical (unpaired) electrons. The van der Waals surface area contributed by atoms with Crippen LogP contribution in [0.5, 0.6) is 0 Å². The highest BCUT2D eigenvalue weighted by molar-refractivity contribution is 7.91. The molecule has 3 nitrogen and oxygen atoms in total. The van der Waals surface area contributed by atoms with Crippen LogP contribution in [0, 0.1) is 0 Å². The minimum absolute atomic E-state index is 0.165. The molecule has 1 rings (SSSR count). The maximum atomic E-state index is 13.4. The van der Waals surface area contributed by atoms with Crippen molar-refractivity contribution in [1.29, 1.82) is 0 Å². The first kappa shape index (κ1) is 14.7. The smallest absolute Gasteiger partial charge is 0.327 e. The molecule has 18 heavy (non-hydrogen) atoms. The Kier molecular flexibility index (Phi) is 4.53. The molecule has 0 saturated heterocycles. The van der Waals surface area contributed by atoms with Gasteiger partial charge in [-0.3, -0.25) is 0 Å². The molecule has 1 aromatic carbocycles. The average Bonchev–Trinajstić information content (AvgIpc) is 2.29. The maximum Gasteiger partial charge on any atom is 0.396 e. The van der Waals surface area contributed by atoms with Crippen LogP contribution in [0.3, 0.4) is 0 Å². The van der Waals surface area contributed by atoms with E-state index < -0.39 is 33.2 Å². The van der Waals surface area contributed by atoms with Gasteiger partial charge in [-0.2, -0.15) is 8.78 Å². The van der Waals surface area contributed by atoms with E-state index in [1.165, 1.54) is 24.3 Å². The van der Waals surface area contributed by atoms with E-state index in [0.29, 0.717) is 6.08 Å². The molecule has 0 amide bonds. The van der Waals surface area contributed by atoms with Crippen molar-refractivity contribution in [2.75, 3.05) is 6.54 Å². The van der Waals surface area contributed by atoms with Gasteiger partial charge < -0.3 is 5.73 Å². The summed E-state index contributed by atoms with van der Waals surface area (Å²) in [6, 6.07) is 7.38. The number of hydrogen-bond donors (Lipinski definition) is 1. The minimum Gasteiger partial charge on any atom is -0.327 e. The molecule has 0 spiro atoms. The van der Waals surface area contributed by atoms with E-state index in [0.717, 1.165) is 0 Å². The van der Waals surface area contributed by atoms with Gasteiger partial charge in [-0.15, -0.1) is 0 Å². The van der Waals surface area contributed by atoms with Crippen molar-refractivity contribution in [2.45, 2.75) is 11.0 Å². The summed E-state index contributed by atoms with van der Waals surface area (Å²) in [4.78, 5) is 0. The van der Waals surface area contributed by atoms with Crippen molar-refractivity contribution in [3.8, 4) is 0 Å². The van der Waals surface area contributed by atoms with Crippen LogP contribution in [-0.4, -0.2) is 20.2 Å².